The van der Waals surface area contributed by atoms with Gasteiger partial charge in [0.2, 0.25) is 0 Å². The number of nitrogens with zero attached hydrogens (tertiary/aromatic N) is 2. The standard InChI is InChI=1S/C9H19ClN3O5P/c1-3-17-19(16,18-4-2)8-7-13(6-5-10)9(14)11-12-15/h3-8H2,1-2H3,(H,11,14,15). The van der Waals surface area contributed by atoms with Crippen LogP contribution in [0, 0.1) is 4.91 Å². The van der Waals surface area contributed by atoms with Crippen molar-refractivity contribution in [3.8, 4) is 0 Å². The highest BCUT2D eigenvalue weighted by molar-refractivity contribution is 7.53. The fraction of sp³-hybridized carbons (Fsp3) is 0.889. The Hall–Kier alpha value is -0.690. The third-order valence-electron chi connectivity index (χ3n) is 2.08. The number of hydrogen-bond donors (Lipinski definition) is 1. The molecule has 0 aromatic carbocycles. The number of urea groups is 1. The molecular weight excluding hydrogens is 297 g/mol. The van der Waals surface area contributed by atoms with E-state index >= 15 is 0 Å². The maximum atomic E-state index is 12.2. The summed E-state index contributed by atoms with van der Waals surface area (Å²) in [7, 11) is -3.23. The molecule has 0 aromatic rings. The van der Waals surface area contributed by atoms with Crippen molar-refractivity contribution >= 4 is 25.2 Å². The van der Waals surface area contributed by atoms with Crippen LogP contribution in [0.1, 0.15) is 13.8 Å². The van der Waals surface area contributed by atoms with E-state index in [2.05, 4.69) is 5.29 Å². The molecule has 19 heavy (non-hydrogen) atoms. The third kappa shape index (κ3) is 7.47. The van der Waals surface area contributed by atoms with E-state index in [1.165, 1.54) is 4.90 Å². The first-order valence-corrected chi connectivity index (χ1v) is 8.10. The number of nitrogens with one attached hydrogen (secondary N) is 1. The van der Waals surface area contributed by atoms with E-state index in [4.69, 9.17) is 20.6 Å². The Kier molecular flexibility index (Phi) is 9.77. The first-order valence-electron chi connectivity index (χ1n) is 5.84. The van der Waals surface area contributed by atoms with Crippen molar-refractivity contribution in [2.24, 2.45) is 5.29 Å². The van der Waals surface area contributed by atoms with Crippen LogP contribution in [0.15, 0.2) is 5.29 Å². The molecule has 0 fully saturated rings. The van der Waals surface area contributed by atoms with Crippen LogP contribution in [0.3, 0.4) is 0 Å². The summed E-state index contributed by atoms with van der Waals surface area (Å²) in [5.41, 5.74) is 1.76. The number of alkyl halides is 1. The van der Waals surface area contributed by atoms with E-state index < -0.39 is 13.6 Å². The minimum atomic E-state index is -3.23. The molecule has 8 nitrogen and oxygen atoms in total. The van der Waals surface area contributed by atoms with Gasteiger partial charge < -0.3 is 13.9 Å². The molecule has 0 aromatic heterocycles. The van der Waals surface area contributed by atoms with Gasteiger partial charge in [-0.1, -0.05) is 0 Å². The summed E-state index contributed by atoms with van der Waals surface area (Å²) in [5, 5.41) is 2.29. The Bertz CT molecular complexity index is 321. The number of rotatable bonds is 10. The summed E-state index contributed by atoms with van der Waals surface area (Å²) >= 11 is 5.55. The van der Waals surface area contributed by atoms with Gasteiger partial charge >= 0.3 is 13.6 Å². The van der Waals surface area contributed by atoms with Crippen molar-refractivity contribution in [1.82, 2.24) is 10.3 Å². The van der Waals surface area contributed by atoms with Gasteiger partial charge in [0.1, 0.15) is 0 Å². The zero-order chi connectivity index (χ0) is 14.7. The average Bonchev–Trinajstić information content (AvgIpc) is 2.35. The largest absolute Gasteiger partial charge is 0.340 e. The van der Waals surface area contributed by atoms with Crippen LogP contribution in [-0.4, -0.2) is 49.3 Å². The van der Waals surface area contributed by atoms with E-state index in [1.54, 1.807) is 19.3 Å². The monoisotopic (exact) mass is 315 g/mol. The maximum Gasteiger partial charge on any atom is 0.340 e. The highest BCUT2D eigenvalue weighted by atomic mass is 35.5. The fourth-order valence-corrected chi connectivity index (χ4v) is 3.14. The van der Waals surface area contributed by atoms with Crippen LogP contribution in [0.2, 0.25) is 0 Å². The fourth-order valence-electron chi connectivity index (χ4n) is 1.33. The van der Waals surface area contributed by atoms with Crippen LogP contribution >= 0.6 is 19.2 Å². The van der Waals surface area contributed by atoms with Gasteiger partial charge in [0.05, 0.1) is 24.7 Å². The smallest absolute Gasteiger partial charge is 0.321 e. The van der Waals surface area contributed by atoms with E-state index in [9.17, 15) is 14.3 Å². The lowest BCUT2D eigenvalue weighted by Gasteiger charge is -2.23. The number of carbonyl (C=O) groups excluding carboxylic acids is 1. The second-order valence-electron chi connectivity index (χ2n) is 3.35. The normalized spacial score (nSPS) is 11.1. The van der Waals surface area contributed by atoms with Crippen molar-refractivity contribution < 1.29 is 18.4 Å². The maximum absolute atomic E-state index is 12.2. The quantitative estimate of drug-likeness (QED) is 0.288. The van der Waals surface area contributed by atoms with Gasteiger partial charge in [-0.3, -0.25) is 4.57 Å². The molecule has 0 aliphatic rings. The summed E-state index contributed by atoms with van der Waals surface area (Å²) in [6.07, 6.45) is 0.0256. The zero-order valence-corrected chi connectivity index (χ0v) is 12.7. The molecule has 0 spiro atoms. The number of halogens is 1. The minimum absolute atomic E-state index is 0.0256. The summed E-state index contributed by atoms with van der Waals surface area (Å²) < 4.78 is 22.4. The van der Waals surface area contributed by atoms with Gasteiger partial charge in [-0.2, -0.15) is 5.43 Å². The number of amides is 2. The molecule has 2 amide bonds. The van der Waals surface area contributed by atoms with Crippen LogP contribution in [0.5, 0.6) is 0 Å². The molecule has 0 bridgehead atoms. The predicted molar refractivity (Wildman–Crippen MR) is 72.3 cm³/mol. The Morgan fingerprint density at radius 2 is 1.89 bits per heavy atom. The Morgan fingerprint density at radius 1 is 1.32 bits per heavy atom. The van der Waals surface area contributed by atoms with Gasteiger partial charge in [-0.25, -0.2) is 4.79 Å². The molecule has 10 heteroatoms. The van der Waals surface area contributed by atoms with Gasteiger partial charge in [0, 0.05) is 19.0 Å². The molecule has 112 valence electrons. The third-order valence-corrected chi connectivity index (χ3v) is 4.30. The topological polar surface area (TPSA) is 97.3 Å². The Labute approximate surface area is 117 Å². The Balaban J connectivity index is 4.53. The van der Waals surface area contributed by atoms with Gasteiger partial charge in [-0.15, -0.1) is 16.5 Å². The van der Waals surface area contributed by atoms with Crippen molar-refractivity contribution in [3.05, 3.63) is 4.91 Å². The lowest BCUT2D eigenvalue weighted by molar-refractivity contribution is 0.197. The molecule has 0 saturated heterocycles. The first kappa shape index (κ1) is 18.3. The van der Waals surface area contributed by atoms with Crippen LogP contribution in [0.25, 0.3) is 0 Å². The highest BCUT2D eigenvalue weighted by Gasteiger charge is 2.25. The lowest BCUT2D eigenvalue weighted by Crippen LogP contribution is -2.40. The van der Waals surface area contributed by atoms with Gasteiger partial charge in [0.15, 0.2) is 0 Å². The molecule has 0 heterocycles. The number of nitroso groups, excluding NO2 is 1. The molecular formula is C9H19ClN3O5P. The van der Waals surface area contributed by atoms with Crippen molar-refractivity contribution in [3.63, 3.8) is 0 Å². The van der Waals surface area contributed by atoms with Gasteiger partial charge in [0.25, 0.3) is 0 Å². The SMILES string of the molecule is CCOP(=O)(CCN(CCCl)C(=O)NN=O)OCC. The average molecular weight is 316 g/mol. The molecule has 0 radical (unpaired) electrons. The zero-order valence-electron chi connectivity index (χ0n) is 11.0. The van der Waals surface area contributed by atoms with Crippen LogP contribution < -0.4 is 5.43 Å². The predicted octanol–water partition coefficient (Wildman–Crippen LogP) is 2.18. The van der Waals surface area contributed by atoms with Crippen LogP contribution in [-0.2, 0) is 13.6 Å². The molecule has 0 rings (SSSR count). The van der Waals surface area contributed by atoms with E-state index in [1.807, 2.05) is 0 Å². The molecule has 1 N–H and O–H groups in total. The second-order valence-corrected chi connectivity index (χ2v) is 5.92. The van der Waals surface area contributed by atoms with Gasteiger partial charge in [-0.05, 0) is 13.8 Å². The molecule has 0 saturated carbocycles. The first-order chi connectivity index (χ1) is 9.02. The number of carbonyl (C=O) groups is 1. The Morgan fingerprint density at radius 3 is 2.32 bits per heavy atom. The second kappa shape index (κ2) is 10.1. The van der Waals surface area contributed by atoms with E-state index in [0.29, 0.717) is 0 Å². The minimum Gasteiger partial charge on any atom is -0.321 e. The summed E-state index contributed by atoms with van der Waals surface area (Å²) in [5.74, 6) is 0.180. The van der Waals surface area contributed by atoms with Crippen LogP contribution in [0.4, 0.5) is 4.79 Å². The van der Waals surface area contributed by atoms with E-state index in [0.717, 1.165) is 0 Å². The van der Waals surface area contributed by atoms with Crippen molar-refractivity contribution in [2.75, 3.05) is 38.3 Å². The summed E-state index contributed by atoms with van der Waals surface area (Å²) in [4.78, 5) is 22.7. The molecule has 0 aliphatic carbocycles. The summed E-state index contributed by atoms with van der Waals surface area (Å²) in [6.45, 7) is 4.17. The molecule has 0 atom stereocenters. The highest BCUT2D eigenvalue weighted by Crippen LogP contribution is 2.47. The van der Waals surface area contributed by atoms with Crippen molar-refractivity contribution in [1.29, 1.82) is 0 Å². The van der Waals surface area contributed by atoms with Crippen molar-refractivity contribution in [2.45, 2.75) is 13.8 Å². The molecule has 0 aliphatic heterocycles. The van der Waals surface area contributed by atoms with E-state index in [-0.39, 0.29) is 38.3 Å². The summed E-state index contributed by atoms with van der Waals surface area (Å²) in [6, 6.07) is -0.699. The lowest BCUT2D eigenvalue weighted by atomic mass is 10.5. The number of hydrogen-bond acceptors (Lipinski definition) is 6. The molecule has 0 unspecified atom stereocenters.